The lowest BCUT2D eigenvalue weighted by Crippen LogP contribution is -2.61. The van der Waals surface area contributed by atoms with E-state index in [9.17, 15) is 34.8 Å². The lowest BCUT2D eigenvalue weighted by molar-refractivity contribution is -0.309. The van der Waals surface area contributed by atoms with Crippen LogP contribution in [-0.2, 0) is 23.9 Å². The van der Waals surface area contributed by atoms with Crippen LogP contribution in [0.25, 0.3) is 0 Å². The second kappa shape index (κ2) is 12.5. The molecular weight excluding hydrogens is 558 g/mol. The van der Waals surface area contributed by atoms with Crippen LogP contribution in [0, 0.1) is 46.3 Å². The van der Waals surface area contributed by atoms with E-state index in [0.717, 1.165) is 32.1 Å². The largest absolute Gasteiger partial charge is 0.480 e. The van der Waals surface area contributed by atoms with Crippen molar-refractivity contribution in [2.75, 3.05) is 6.54 Å². The van der Waals surface area contributed by atoms with Gasteiger partial charge in [-0.25, -0.2) is 4.79 Å². The van der Waals surface area contributed by atoms with Gasteiger partial charge in [-0.2, -0.15) is 0 Å². The van der Waals surface area contributed by atoms with Gasteiger partial charge in [0, 0.05) is 6.42 Å². The zero-order valence-corrected chi connectivity index (χ0v) is 25.7. The van der Waals surface area contributed by atoms with Crippen LogP contribution in [0.5, 0.6) is 0 Å². The van der Waals surface area contributed by atoms with Crippen LogP contribution < -0.4 is 5.32 Å². The minimum absolute atomic E-state index is 0.182. The molecule has 0 radical (unpaired) electrons. The van der Waals surface area contributed by atoms with Crippen molar-refractivity contribution in [3.8, 4) is 0 Å². The highest BCUT2D eigenvalue weighted by Gasteiger charge is 2.61. The van der Waals surface area contributed by atoms with E-state index in [-0.39, 0.29) is 29.4 Å². The van der Waals surface area contributed by atoms with Crippen molar-refractivity contribution in [2.45, 2.75) is 128 Å². The highest BCUT2D eigenvalue weighted by atomic mass is 16.7. The predicted molar refractivity (Wildman–Crippen MR) is 153 cm³/mol. The number of aliphatic hydroxyl groups excluding tert-OH is 3. The Morgan fingerprint density at radius 1 is 0.907 bits per heavy atom. The molecule has 4 aliphatic carbocycles. The number of fused-ring (bicyclic) bond motifs is 5. The van der Waals surface area contributed by atoms with Gasteiger partial charge in [0.2, 0.25) is 5.91 Å². The van der Waals surface area contributed by atoms with Crippen LogP contribution in [0.3, 0.4) is 0 Å². The van der Waals surface area contributed by atoms with Crippen LogP contribution in [0.1, 0.15) is 91.4 Å². The van der Waals surface area contributed by atoms with Gasteiger partial charge in [0.1, 0.15) is 24.9 Å². The maximum absolute atomic E-state index is 12.2. The molecule has 14 unspecified atom stereocenters. The topological polar surface area (TPSA) is 183 Å². The summed E-state index contributed by atoms with van der Waals surface area (Å²) in [5.74, 6) is 0.752. The first-order chi connectivity index (χ1) is 20.3. The fourth-order valence-corrected chi connectivity index (χ4v) is 10.5. The number of carbonyl (C=O) groups is 3. The summed E-state index contributed by atoms with van der Waals surface area (Å²) in [5.41, 5.74) is 0.434. The number of carbonyl (C=O) groups excluding carboxylic acids is 1. The summed E-state index contributed by atoms with van der Waals surface area (Å²) in [6.07, 6.45) is 2.64. The lowest BCUT2D eigenvalue weighted by atomic mass is 9.44. The van der Waals surface area contributed by atoms with Gasteiger partial charge in [-0.3, -0.25) is 9.59 Å². The molecule has 0 aromatic rings. The molecule has 1 aliphatic heterocycles. The number of aliphatic carboxylic acids is 2. The number of amides is 1. The number of carboxylic acid groups (broad SMARTS) is 2. The molecule has 5 aliphatic rings. The first-order valence-electron chi connectivity index (χ1n) is 16.3. The maximum Gasteiger partial charge on any atom is 0.335 e. The van der Waals surface area contributed by atoms with E-state index < -0.39 is 42.6 Å². The quantitative estimate of drug-likeness (QED) is 0.213. The van der Waals surface area contributed by atoms with Gasteiger partial charge in [0.05, 0.1) is 6.10 Å². The van der Waals surface area contributed by atoms with Crippen molar-refractivity contribution >= 4 is 17.8 Å². The van der Waals surface area contributed by atoms with Crippen LogP contribution in [0.4, 0.5) is 0 Å². The summed E-state index contributed by atoms with van der Waals surface area (Å²) in [7, 11) is 0. The van der Waals surface area contributed by atoms with Gasteiger partial charge in [0.25, 0.3) is 0 Å². The number of ether oxygens (including phenoxy) is 2. The molecule has 5 fully saturated rings. The van der Waals surface area contributed by atoms with Gasteiger partial charge in [-0.05, 0) is 111 Å². The number of hydrogen-bond acceptors (Lipinski definition) is 8. The van der Waals surface area contributed by atoms with Gasteiger partial charge in [-0.15, -0.1) is 0 Å². The van der Waals surface area contributed by atoms with Crippen molar-refractivity contribution < 1.29 is 49.4 Å². The van der Waals surface area contributed by atoms with Gasteiger partial charge in [-0.1, -0.05) is 20.8 Å². The molecule has 1 saturated heterocycles. The van der Waals surface area contributed by atoms with Crippen molar-refractivity contribution in [1.29, 1.82) is 0 Å². The normalized spacial score (nSPS) is 46.6. The van der Waals surface area contributed by atoms with E-state index in [1.165, 1.54) is 32.1 Å². The minimum Gasteiger partial charge on any atom is -0.480 e. The molecule has 6 N–H and O–H groups in total. The monoisotopic (exact) mass is 609 g/mol. The molecule has 11 nitrogen and oxygen atoms in total. The Balaban J connectivity index is 1.19. The molecule has 244 valence electrons. The van der Waals surface area contributed by atoms with E-state index in [1.807, 2.05) is 0 Å². The lowest BCUT2D eigenvalue weighted by Gasteiger charge is -2.61. The molecule has 0 aromatic carbocycles. The molecular formula is C32H51NO10. The fraction of sp³-hybridized carbons (Fsp3) is 0.906. The summed E-state index contributed by atoms with van der Waals surface area (Å²) >= 11 is 0. The Hall–Kier alpha value is -1.79. The molecule has 0 bridgehead atoms. The molecule has 0 aromatic heterocycles. The standard InChI is InChI=1S/C32H51NO10/c1-16(4-9-23(34)33-15-24(35)36)20-7-8-21-19-6-5-17-14-18(10-12-31(17,2)22(19)11-13-32(20,21)3)42-30-27(39)25(37)26(38)28(43-30)29(40)41/h16-22,25-28,30,37-39H,4-15H2,1-3H3,(H,33,34)(H,35,36)(H,40,41). The molecule has 11 heteroatoms. The fourth-order valence-electron chi connectivity index (χ4n) is 10.5. The molecule has 4 saturated carbocycles. The Morgan fingerprint density at radius 3 is 2.30 bits per heavy atom. The van der Waals surface area contributed by atoms with E-state index in [4.69, 9.17) is 14.6 Å². The number of nitrogens with one attached hydrogen (secondary N) is 1. The van der Waals surface area contributed by atoms with E-state index in [2.05, 4.69) is 26.1 Å². The average Bonchev–Trinajstić information content (AvgIpc) is 3.32. The van der Waals surface area contributed by atoms with Gasteiger partial charge >= 0.3 is 11.9 Å². The third kappa shape index (κ3) is 6.09. The number of rotatable bonds is 9. The summed E-state index contributed by atoms with van der Waals surface area (Å²) in [6.45, 7) is 6.86. The number of hydrogen-bond donors (Lipinski definition) is 6. The molecule has 43 heavy (non-hydrogen) atoms. The second-order valence-corrected chi connectivity index (χ2v) is 14.8. The smallest absolute Gasteiger partial charge is 0.335 e. The van der Waals surface area contributed by atoms with E-state index in [0.29, 0.717) is 41.9 Å². The van der Waals surface area contributed by atoms with E-state index >= 15 is 0 Å². The summed E-state index contributed by atoms with van der Waals surface area (Å²) in [4.78, 5) is 34.4. The molecule has 0 spiro atoms. The van der Waals surface area contributed by atoms with Crippen molar-refractivity contribution in [3.63, 3.8) is 0 Å². The minimum atomic E-state index is -1.73. The summed E-state index contributed by atoms with van der Waals surface area (Å²) < 4.78 is 11.5. The van der Waals surface area contributed by atoms with Gasteiger partial charge < -0.3 is 40.3 Å². The number of carboxylic acids is 2. The molecule has 1 amide bonds. The van der Waals surface area contributed by atoms with Crippen molar-refractivity contribution in [2.24, 2.45) is 46.3 Å². The maximum atomic E-state index is 12.2. The van der Waals surface area contributed by atoms with Crippen molar-refractivity contribution in [1.82, 2.24) is 5.32 Å². The molecule has 14 atom stereocenters. The molecule has 5 rings (SSSR count). The Kier molecular flexibility index (Phi) is 9.51. The third-order valence-electron chi connectivity index (χ3n) is 12.8. The number of aliphatic hydroxyl groups is 3. The zero-order valence-electron chi connectivity index (χ0n) is 25.7. The van der Waals surface area contributed by atoms with Crippen LogP contribution >= 0.6 is 0 Å². The first-order valence-corrected chi connectivity index (χ1v) is 16.3. The highest BCUT2D eigenvalue weighted by molar-refractivity contribution is 5.81. The highest BCUT2D eigenvalue weighted by Crippen LogP contribution is 2.68. The summed E-state index contributed by atoms with van der Waals surface area (Å²) in [5, 5.41) is 51.4. The average molecular weight is 610 g/mol. The summed E-state index contributed by atoms with van der Waals surface area (Å²) in [6, 6.07) is 0. The second-order valence-electron chi connectivity index (χ2n) is 14.8. The Morgan fingerprint density at radius 2 is 1.60 bits per heavy atom. The molecule has 1 heterocycles. The van der Waals surface area contributed by atoms with Crippen molar-refractivity contribution in [3.05, 3.63) is 0 Å². The SMILES string of the molecule is CC(CCC(=O)NCC(=O)O)C1CCC2C3CCC4CC(OC5OC(C(=O)O)C(O)C(O)C5O)CCC4(C)C3CCC12C. The Labute approximate surface area is 253 Å². The van der Waals surface area contributed by atoms with Crippen LogP contribution in [0.2, 0.25) is 0 Å². The van der Waals surface area contributed by atoms with E-state index in [1.54, 1.807) is 0 Å². The first kappa shape index (κ1) is 32.6. The zero-order chi connectivity index (χ0) is 31.3. The third-order valence-corrected chi connectivity index (χ3v) is 12.8. The van der Waals surface area contributed by atoms with Gasteiger partial charge in [0.15, 0.2) is 12.4 Å². The van der Waals surface area contributed by atoms with Crippen LogP contribution in [0.15, 0.2) is 0 Å². The van der Waals surface area contributed by atoms with Crippen LogP contribution in [-0.4, -0.2) is 86.7 Å². The Bertz CT molecular complexity index is 1060. The predicted octanol–water partition coefficient (Wildman–Crippen LogP) is 2.54.